The highest BCUT2D eigenvalue weighted by molar-refractivity contribution is 5.37. The van der Waals surface area contributed by atoms with Crippen molar-refractivity contribution in [3.63, 3.8) is 0 Å². The minimum atomic E-state index is 0.292. The summed E-state index contributed by atoms with van der Waals surface area (Å²) in [5, 5.41) is 0. The summed E-state index contributed by atoms with van der Waals surface area (Å²) in [5.74, 6) is 1.48. The lowest BCUT2D eigenvalue weighted by molar-refractivity contribution is 0.226. The second-order valence-electron chi connectivity index (χ2n) is 5.14. The first-order chi connectivity index (χ1) is 8.10. The van der Waals surface area contributed by atoms with Gasteiger partial charge in [0.2, 0.25) is 0 Å². The van der Waals surface area contributed by atoms with Crippen molar-refractivity contribution in [2.45, 2.75) is 25.3 Å². The van der Waals surface area contributed by atoms with Gasteiger partial charge in [0, 0.05) is 19.1 Å². The van der Waals surface area contributed by atoms with Crippen LogP contribution in [0, 0.1) is 6.92 Å². The lowest BCUT2D eigenvalue weighted by Crippen LogP contribution is -2.44. The molecule has 94 valence electrons. The van der Waals surface area contributed by atoms with Gasteiger partial charge in [-0.05, 0) is 49.6 Å². The van der Waals surface area contributed by atoms with Crippen LogP contribution in [0.3, 0.4) is 0 Å². The van der Waals surface area contributed by atoms with Crippen molar-refractivity contribution in [1.29, 1.82) is 0 Å². The predicted octanol–water partition coefficient (Wildman–Crippen LogP) is 1.75. The van der Waals surface area contributed by atoms with Crippen LogP contribution in [0.2, 0.25) is 0 Å². The Morgan fingerprint density at radius 2 is 2.12 bits per heavy atom. The maximum atomic E-state index is 6.09. The third kappa shape index (κ3) is 2.79. The third-order valence-corrected chi connectivity index (χ3v) is 3.58. The van der Waals surface area contributed by atoms with E-state index in [1.807, 2.05) is 6.07 Å². The zero-order valence-corrected chi connectivity index (χ0v) is 10.9. The Bertz CT molecular complexity index is 382. The summed E-state index contributed by atoms with van der Waals surface area (Å²) in [6, 6.07) is 6.63. The van der Waals surface area contributed by atoms with E-state index in [1.165, 1.54) is 11.1 Å². The molecule has 2 rings (SSSR count). The number of likely N-dealkylation sites (tertiary alicyclic amines) is 1. The van der Waals surface area contributed by atoms with Crippen molar-refractivity contribution in [3.8, 4) is 5.75 Å². The van der Waals surface area contributed by atoms with Gasteiger partial charge in [-0.1, -0.05) is 6.07 Å². The molecule has 0 aliphatic carbocycles. The number of hydrogen-bond donors (Lipinski definition) is 1. The van der Waals surface area contributed by atoms with Crippen LogP contribution >= 0.6 is 0 Å². The molecule has 1 aromatic carbocycles. The molecule has 1 aliphatic rings. The number of piperidine rings is 1. The molecular formula is C14H22N2O. The summed E-state index contributed by atoms with van der Waals surface area (Å²) < 4.78 is 5.24. The first-order valence-electron chi connectivity index (χ1n) is 6.19. The quantitative estimate of drug-likeness (QED) is 0.847. The normalized spacial score (nSPS) is 25.9. The van der Waals surface area contributed by atoms with Gasteiger partial charge in [0.15, 0.2) is 0 Å². The monoisotopic (exact) mass is 234 g/mol. The maximum absolute atomic E-state index is 6.09. The molecule has 17 heavy (non-hydrogen) atoms. The topological polar surface area (TPSA) is 38.5 Å². The molecule has 0 bridgehead atoms. The van der Waals surface area contributed by atoms with Gasteiger partial charge in [-0.3, -0.25) is 0 Å². The number of methoxy groups -OCH3 is 1. The molecule has 1 aromatic rings. The van der Waals surface area contributed by atoms with E-state index < -0.39 is 0 Å². The minimum absolute atomic E-state index is 0.292. The summed E-state index contributed by atoms with van der Waals surface area (Å²) in [6.45, 7) is 4.25. The van der Waals surface area contributed by atoms with E-state index in [2.05, 4.69) is 31.0 Å². The first kappa shape index (κ1) is 12.4. The van der Waals surface area contributed by atoms with E-state index in [4.69, 9.17) is 10.5 Å². The molecule has 3 heteroatoms. The Labute approximate surface area is 104 Å². The number of likely N-dealkylation sites (N-methyl/N-ethyl adjacent to an activating group) is 1. The Morgan fingerprint density at radius 3 is 2.71 bits per heavy atom. The average Bonchev–Trinajstić information content (AvgIpc) is 2.27. The third-order valence-electron chi connectivity index (χ3n) is 3.58. The Morgan fingerprint density at radius 1 is 1.35 bits per heavy atom. The molecule has 1 heterocycles. The van der Waals surface area contributed by atoms with Crippen molar-refractivity contribution in [3.05, 3.63) is 29.3 Å². The lowest BCUT2D eigenvalue weighted by atomic mass is 9.86. The number of rotatable bonds is 2. The smallest absolute Gasteiger partial charge is 0.119 e. The highest BCUT2D eigenvalue weighted by Gasteiger charge is 2.25. The van der Waals surface area contributed by atoms with E-state index in [0.29, 0.717) is 12.0 Å². The molecule has 0 amide bonds. The van der Waals surface area contributed by atoms with E-state index in [0.717, 1.165) is 25.3 Å². The summed E-state index contributed by atoms with van der Waals surface area (Å²) in [6.07, 6.45) is 1.08. The van der Waals surface area contributed by atoms with Crippen LogP contribution in [0.5, 0.6) is 5.75 Å². The van der Waals surface area contributed by atoms with Crippen LogP contribution in [0.4, 0.5) is 0 Å². The van der Waals surface area contributed by atoms with Crippen molar-refractivity contribution < 1.29 is 4.74 Å². The van der Waals surface area contributed by atoms with E-state index in [-0.39, 0.29) is 0 Å². The van der Waals surface area contributed by atoms with Gasteiger partial charge in [-0.2, -0.15) is 0 Å². The number of ether oxygens (including phenoxy) is 1. The second-order valence-corrected chi connectivity index (χ2v) is 5.14. The Hall–Kier alpha value is -1.06. The van der Waals surface area contributed by atoms with Crippen LogP contribution in [0.15, 0.2) is 18.2 Å². The maximum Gasteiger partial charge on any atom is 0.119 e. The van der Waals surface area contributed by atoms with Crippen molar-refractivity contribution in [2.24, 2.45) is 5.73 Å². The van der Waals surface area contributed by atoms with Crippen LogP contribution < -0.4 is 10.5 Å². The molecule has 0 spiro atoms. The number of benzene rings is 1. The zero-order valence-electron chi connectivity index (χ0n) is 10.9. The van der Waals surface area contributed by atoms with E-state index >= 15 is 0 Å². The molecule has 2 N–H and O–H groups in total. The van der Waals surface area contributed by atoms with Gasteiger partial charge in [0.05, 0.1) is 7.11 Å². The summed E-state index contributed by atoms with van der Waals surface area (Å²) in [5.41, 5.74) is 8.81. The fourth-order valence-electron chi connectivity index (χ4n) is 2.82. The number of nitrogens with zero attached hydrogens (tertiary/aromatic N) is 1. The molecule has 1 aliphatic heterocycles. The van der Waals surface area contributed by atoms with Crippen molar-refractivity contribution in [1.82, 2.24) is 4.90 Å². The largest absolute Gasteiger partial charge is 0.497 e. The highest BCUT2D eigenvalue weighted by atomic mass is 16.5. The molecule has 3 nitrogen and oxygen atoms in total. The van der Waals surface area contributed by atoms with Gasteiger partial charge in [-0.15, -0.1) is 0 Å². The van der Waals surface area contributed by atoms with E-state index in [9.17, 15) is 0 Å². The average molecular weight is 234 g/mol. The standard InChI is InChI=1S/C14H22N2O/c1-10-6-13(17-3)4-5-14(10)11-7-12(15)9-16(2)8-11/h4-6,11-12H,7-9,15H2,1-3H3/t11-,12+/m0/s1. The van der Waals surface area contributed by atoms with Crippen LogP contribution in [-0.4, -0.2) is 38.2 Å². The molecule has 0 aromatic heterocycles. The second kappa shape index (κ2) is 5.07. The number of hydrogen-bond acceptors (Lipinski definition) is 3. The van der Waals surface area contributed by atoms with E-state index in [1.54, 1.807) is 7.11 Å². The first-order valence-corrected chi connectivity index (χ1v) is 6.19. The Balaban J connectivity index is 2.21. The molecular weight excluding hydrogens is 212 g/mol. The highest BCUT2D eigenvalue weighted by Crippen LogP contribution is 2.30. The number of nitrogens with two attached hydrogens (primary N) is 1. The molecule has 2 atom stereocenters. The van der Waals surface area contributed by atoms with Crippen molar-refractivity contribution in [2.75, 3.05) is 27.2 Å². The lowest BCUT2D eigenvalue weighted by Gasteiger charge is -2.34. The van der Waals surface area contributed by atoms with Crippen molar-refractivity contribution >= 4 is 0 Å². The van der Waals surface area contributed by atoms with Crippen LogP contribution in [0.1, 0.15) is 23.5 Å². The molecule has 0 unspecified atom stereocenters. The molecule has 0 radical (unpaired) electrons. The molecule has 1 fully saturated rings. The molecule has 1 saturated heterocycles. The fraction of sp³-hybridized carbons (Fsp3) is 0.571. The van der Waals surface area contributed by atoms with Gasteiger partial charge < -0.3 is 15.4 Å². The zero-order chi connectivity index (χ0) is 12.4. The summed E-state index contributed by atoms with van der Waals surface area (Å²) in [4.78, 5) is 2.32. The fourth-order valence-corrected chi connectivity index (χ4v) is 2.82. The van der Waals surface area contributed by atoms with Gasteiger partial charge in [0.25, 0.3) is 0 Å². The molecule has 0 saturated carbocycles. The SMILES string of the molecule is COc1ccc([C@H]2C[C@@H](N)CN(C)C2)c(C)c1. The van der Waals surface area contributed by atoms with Gasteiger partial charge in [0.1, 0.15) is 5.75 Å². The van der Waals surface area contributed by atoms with Crippen LogP contribution in [0.25, 0.3) is 0 Å². The number of aryl methyl sites for hydroxylation is 1. The van der Waals surface area contributed by atoms with Gasteiger partial charge in [-0.25, -0.2) is 0 Å². The van der Waals surface area contributed by atoms with Gasteiger partial charge >= 0.3 is 0 Å². The predicted molar refractivity (Wildman–Crippen MR) is 70.6 cm³/mol. The van der Waals surface area contributed by atoms with Crippen LogP contribution in [-0.2, 0) is 0 Å². The summed E-state index contributed by atoms with van der Waals surface area (Å²) in [7, 11) is 3.85. The Kier molecular flexibility index (Phi) is 3.69. The minimum Gasteiger partial charge on any atom is -0.497 e. The summed E-state index contributed by atoms with van der Waals surface area (Å²) >= 11 is 0.